The van der Waals surface area contributed by atoms with E-state index in [4.69, 9.17) is 20.4 Å². The van der Waals surface area contributed by atoms with Gasteiger partial charge in [0, 0.05) is 44.7 Å². The summed E-state index contributed by atoms with van der Waals surface area (Å²) >= 11 is 7.57. The summed E-state index contributed by atoms with van der Waals surface area (Å²) in [5.74, 6) is 0.977. The number of pyridine rings is 2. The molecule has 8 aromatic rings. The van der Waals surface area contributed by atoms with Crippen LogP contribution < -0.4 is 0 Å². The lowest BCUT2D eigenvalue weighted by Gasteiger charge is -2.34. The van der Waals surface area contributed by atoms with Crippen LogP contribution in [0.3, 0.4) is 0 Å². The first kappa shape index (κ1) is 41.9. The Kier molecular flexibility index (Phi) is 12.1. The van der Waals surface area contributed by atoms with E-state index in [1.165, 1.54) is 97.6 Å². The maximum atomic E-state index is 5.09. The molecule has 0 unspecified atom stereocenters. The summed E-state index contributed by atoms with van der Waals surface area (Å²) in [5.41, 5.74) is 16.5. The van der Waals surface area contributed by atoms with Gasteiger partial charge in [0.2, 0.25) is 0 Å². The summed E-state index contributed by atoms with van der Waals surface area (Å²) in [7, 11) is 0. The third-order valence-corrected chi connectivity index (χ3v) is 15.3. The number of hydrogen-bond acceptors (Lipinski definition) is 6. The summed E-state index contributed by atoms with van der Waals surface area (Å²) < 4.78 is 1.92. The molecule has 0 spiro atoms. The van der Waals surface area contributed by atoms with Gasteiger partial charge in [-0.2, -0.15) is 9.59 Å². The summed E-state index contributed by atoms with van der Waals surface area (Å²) in [5, 5.41) is 20.0. The van der Waals surface area contributed by atoms with Gasteiger partial charge in [-0.3, -0.25) is 9.97 Å². The Bertz CT molecular complexity index is 2870. The molecule has 63 heavy (non-hydrogen) atoms. The highest BCUT2D eigenvalue weighted by atomic mass is 79.9. The molecular formula is C53H54Br2N8. The van der Waals surface area contributed by atoms with Gasteiger partial charge in [0.25, 0.3) is 0 Å². The van der Waals surface area contributed by atoms with Gasteiger partial charge in [-0.25, -0.2) is 0 Å². The molecule has 0 amide bonds. The maximum absolute atomic E-state index is 5.09. The van der Waals surface area contributed by atoms with E-state index in [2.05, 4.69) is 116 Å². The SMILES string of the molecule is CCCCCCC1(CCCCCC)c2cc(-c3ccc(Br)c4nn(-c5ccncc5)nc34)ccc2-c2ccc(C3CCC(c4ccc(Br)c5nn(-c6ccncc6)nc45)CC3)cc21. The highest BCUT2D eigenvalue weighted by molar-refractivity contribution is 9.11. The summed E-state index contributed by atoms with van der Waals surface area (Å²) in [6.45, 7) is 4.65. The molecule has 320 valence electrons. The van der Waals surface area contributed by atoms with Crippen molar-refractivity contribution in [2.45, 2.75) is 121 Å². The van der Waals surface area contributed by atoms with Crippen molar-refractivity contribution in [2.24, 2.45) is 0 Å². The van der Waals surface area contributed by atoms with Crippen LogP contribution in [0.1, 0.15) is 138 Å². The second kappa shape index (κ2) is 18.2. The minimum absolute atomic E-state index is 0.0395. The zero-order chi connectivity index (χ0) is 42.9. The summed E-state index contributed by atoms with van der Waals surface area (Å²) in [4.78, 5) is 11.9. The Labute approximate surface area is 387 Å². The molecule has 4 aromatic heterocycles. The van der Waals surface area contributed by atoms with Crippen molar-refractivity contribution >= 4 is 53.9 Å². The van der Waals surface area contributed by atoms with Crippen molar-refractivity contribution in [3.63, 3.8) is 0 Å². The Balaban J connectivity index is 0.997. The van der Waals surface area contributed by atoms with Crippen molar-refractivity contribution in [1.82, 2.24) is 40.0 Å². The zero-order valence-corrected chi connectivity index (χ0v) is 39.5. The van der Waals surface area contributed by atoms with Crippen LogP contribution in [0, 0.1) is 0 Å². The molecule has 2 aliphatic carbocycles. The van der Waals surface area contributed by atoms with Crippen LogP contribution >= 0.6 is 31.9 Å². The highest BCUT2D eigenvalue weighted by Crippen LogP contribution is 2.56. The molecule has 10 heteroatoms. The normalized spacial score (nSPS) is 16.8. The summed E-state index contributed by atoms with van der Waals surface area (Å²) in [6.07, 6.45) is 24.1. The standard InChI is InChI=1S/C53H54Br2N8/c1-3-5-7-9-27-53(28-10-8-6-4-2)45-33-37(35-11-13-36(14-12-35)41-19-21-47(54)51-49(41)58-62(60-51)39-23-29-56-30-24-39)15-17-43(45)44-18-16-38(34-46(44)53)42-20-22-48(55)52-50(42)59-63(61-52)40-25-31-57-32-26-40/h15-26,29-36H,3-14,27-28H2,1-2H3. The molecule has 4 heterocycles. The predicted octanol–water partition coefficient (Wildman–Crippen LogP) is 14.8. The largest absolute Gasteiger partial charge is 0.265 e. The highest BCUT2D eigenvalue weighted by Gasteiger charge is 2.43. The van der Waals surface area contributed by atoms with Gasteiger partial charge in [-0.05, 0) is 164 Å². The minimum Gasteiger partial charge on any atom is -0.265 e. The van der Waals surface area contributed by atoms with Crippen LogP contribution in [-0.2, 0) is 5.41 Å². The van der Waals surface area contributed by atoms with Crippen molar-refractivity contribution < 1.29 is 0 Å². The van der Waals surface area contributed by atoms with Gasteiger partial charge in [-0.15, -0.1) is 20.4 Å². The summed E-state index contributed by atoms with van der Waals surface area (Å²) in [6, 6.07) is 31.5. The van der Waals surface area contributed by atoms with E-state index >= 15 is 0 Å². The molecule has 10 rings (SSSR count). The van der Waals surface area contributed by atoms with Crippen LogP contribution in [0.2, 0.25) is 0 Å². The van der Waals surface area contributed by atoms with Gasteiger partial charge < -0.3 is 0 Å². The van der Waals surface area contributed by atoms with Gasteiger partial charge in [0.1, 0.15) is 22.1 Å². The maximum Gasteiger partial charge on any atom is 0.128 e. The Morgan fingerprint density at radius 3 is 1.63 bits per heavy atom. The molecule has 8 nitrogen and oxygen atoms in total. The molecule has 2 aliphatic rings. The van der Waals surface area contributed by atoms with Crippen molar-refractivity contribution in [2.75, 3.05) is 0 Å². The third kappa shape index (κ3) is 7.96. The van der Waals surface area contributed by atoms with Crippen LogP contribution in [0.25, 0.3) is 55.7 Å². The Morgan fingerprint density at radius 2 is 1.02 bits per heavy atom. The lowest BCUT2D eigenvalue weighted by molar-refractivity contribution is 0.391. The average Bonchev–Trinajstić information content (AvgIpc) is 4.05. The second-order valence-electron chi connectivity index (χ2n) is 17.8. The third-order valence-electron chi connectivity index (χ3n) is 14.0. The van der Waals surface area contributed by atoms with Crippen molar-refractivity contribution in [3.8, 4) is 33.6 Å². The van der Waals surface area contributed by atoms with Gasteiger partial charge in [-0.1, -0.05) is 108 Å². The fourth-order valence-electron chi connectivity index (χ4n) is 10.7. The van der Waals surface area contributed by atoms with E-state index in [-0.39, 0.29) is 5.41 Å². The number of unbranched alkanes of at least 4 members (excludes halogenated alkanes) is 6. The minimum atomic E-state index is -0.0395. The first-order valence-electron chi connectivity index (χ1n) is 23.2. The van der Waals surface area contributed by atoms with Gasteiger partial charge in [0.05, 0.1) is 11.4 Å². The van der Waals surface area contributed by atoms with Crippen LogP contribution in [0.5, 0.6) is 0 Å². The number of halogens is 2. The predicted molar refractivity (Wildman–Crippen MR) is 262 cm³/mol. The first-order chi connectivity index (χ1) is 31.0. The van der Waals surface area contributed by atoms with E-state index in [1.807, 2.05) is 24.3 Å². The van der Waals surface area contributed by atoms with E-state index in [0.717, 1.165) is 73.6 Å². The molecule has 0 bridgehead atoms. The number of rotatable bonds is 15. The fourth-order valence-corrected chi connectivity index (χ4v) is 11.5. The molecule has 0 N–H and O–H groups in total. The molecule has 0 atom stereocenters. The van der Waals surface area contributed by atoms with Crippen LogP contribution in [-0.4, -0.2) is 40.0 Å². The fraction of sp³-hybridized carbons (Fsp3) is 0.358. The molecular weight excluding hydrogens is 908 g/mol. The number of hydrogen-bond donors (Lipinski definition) is 0. The number of aromatic nitrogens is 8. The average molecular weight is 963 g/mol. The second-order valence-corrected chi connectivity index (χ2v) is 19.5. The first-order valence-corrected chi connectivity index (χ1v) is 24.8. The number of benzene rings is 4. The quantitative estimate of drug-likeness (QED) is 0.0951. The van der Waals surface area contributed by atoms with E-state index < -0.39 is 0 Å². The Hall–Kier alpha value is -5.06. The molecule has 0 radical (unpaired) electrons. The number of nitrogens with zero attached hydrogens (tertiary/aromatic N) is 8. The van der Waals surface area contributed by atoms with Gasteiger partial charge >= 0.3 is 0 Å². The molecule has 1 saturated carbocycles. The lowest BCUT2D eigenvalue weighted by Crippen LogP contribution is -2.26. The molecule has 1 fully saturated rings. The zero-order valence-electron chi connectivity index (χ0n) is 36.3. The molecule has 0 saturated heterocycles. The van der Waals surface area contributed by atoms with E-state index in [0.29, 0.717) is 11.8 Å². The Morgan fingerprint density at radius 1 is 0.508 bits per heavy atom. The lowest BCUT2D eigenvalue weighted by atomic mass is 9.69. The van der Waals surface area contributed by atoms with Crippen molar-refractivity contribution in [3.05, 3.63) is 141 Å². The van der Waals surface area contributed by atoms with E-state index in [1.54, 1.807) is 39.9 Å². The molecule has 0 aliphatic heterocycles. The van der Waals surface area contributed by atoms with Gasteiger partial charge in [0.15, 0.2) is 0 Å². The monoisotopic (exact) mass is 960 g/mol. The van der Waals surface area contributed by atoms with E-state index in [9.17, 15) is 0 Å². The number of fused-ring (bicyclic) bond motifs is 5. The van der Waals surface area contributed by atoms with Crippen LogP contribution in [0.4, 0.5) is 0 Å². The topological polar surface area (TPSA) is 87.2 Å². The van der Waals surface area contributed by atoms with Crippen LogP contribution in [0.15, 0.2) is 119 Å². The van der Waals surface area contributed by atoms with Crippen molar-refractivity contribution in [1.29, 1.82) is 0 Å². The smallest absolute Gasteiger partial charge is 0.128 e. The molecule has 4 aromatic carbocycles.